The Labute approximate surface area is 119 Å². The Hall–Kier alpha value is -1.26. The number of nitrogens with two attached hydrogens (primary N) is 1. The molecule has 1 fully saturated rings. The van der Waals surface area contributed by atoms with E-state index in [4.69, 9.17) is 27.5 Å². The van der Waals surface area contributed by atoms with Gasteiger partial charge in [-0.25, -0.2) is 0 Å². The summed E-state index contributed by atoms with van der Waals surface area (Å²) in [5.41, 5.74) is 7.29. The van der Waals surface area contributed by atoms with Gasteiger partial charge in [-0.15, -0.1) is 0 Å². The highest BCUT2D eigenvalue weighted by molar-refractivity contribution is 6.31. The minimum Gasteiger partial charge on any atom is -0.384 e. The summed E-state index contributed by atoms with van der Waals surface area (Å²) in [5.74, 6) is 0.0671. The fraction of sp³-hybridized carbons (Fsp3) is 0.500. The molecule has 0 aromatic heterocycles. The molecule has 1 aromatic carbocycles. The molecule has 1 unspecified atom stereocenters. The number of amidine groups is 1. The molecular weight excluding hydrogens is 262 g/mol. The van der Waals surface area contributed by atoms with Crippen LogP contribution in [0.3, 0.4) is 0 Å². The standard InChI is InChI=1S/C14H20ClN3O/c1-2-18(9-11-4-3-7-19-11)13-8-10(15)5-6-12(13)14(16)17/h5-6,8,11H,2-4,7,9H2,1H3,(H3,16,17). The number of nitrogens with zero attached hydrogens (tertiary/aromatic N) is 1. The van der Waals surface area contributed by atoms with Gasteiger partial charge in [-0.1, -0.05) is 11.6 Å². The summed E-state index contributed by atoms with van der Waals surface area (Å²) in [6.45, 7) is 4.58. The van der Waals surface area contributed by atoms with Crippen molar-refractivity contribution in [2.75, 3.05) is 24.6 Å². The minimum absolute atomic E-state index is 0.0671. The Morgan fingerprint density at radius 2 is 2.37 bits per heavy atom. The number of likely N-dealkylation sites (N-methyl/N-ethyl adjacent to an activating group) is 1. The summed E-state index contributed by atoms with van der Waals surface area (Å²) in [4.78, 5) is 2.18. The van der Waals surface area contributed by atoms with E-state index in [-0.39, 0.29) is 11.9 Å². The maximum Gasteiger partial charge on any atom is 0.124 e. The molecule has 1 heterocycles. The van der Waals surface area contributed by atoms with Crippen LogP contribution in [-0.4, -0.2) is 31.6 Å². The molecule has 104 valence electrons. The first kappa shape index (κ1) is 14.2. The Morgan fingerprint density at radius 3 is 2.95 bits per heavy atom. The zero-order valence-electron chi connectivity index (χ0n) is 11.2. The van der Waals surface area contributed by atoms with E-state index in [1.54, 1.807) is 12.1 Å². The number of anilines is 1. The number of halogens is 1. The van der Waals surface area contributed by atoms with E-state index < -0.39 is 0 Å². The lowest BCUT2D eigenvalue weighted by Gasteiger charge is -2.28. The normalized spacial score (nSPS) is 18.5. The lowest BCUT2D eigenvalue weighted by molar-refractivity contribution is 0.115. The van der Waals surface area contributed by atoms with Crippen molar-refractivity contribution in [1.29, 1.82) is 5.41 Å². The second-order valence-corrected chi connectivity index (χ2v) is 5.19. The Bertz CT molecular complexity index is 458. The molecular formula is C14H20ClN3O. The Morgan fingerprint density at radius 1 is 1.58 bits per heavy atom. The van der Waals surface area contributed by atoms with Crippen LogP contribution in [0.15, 0.2) is 18.2 Å². The van der Waals surface area contributed by atoms with Crippen molar-refractivity contribution in [3.05, 3.63) is 28.8 Å². The predicted octanol–water partition coefficient (Wildman–Crippen LogP) is 2.63. The van der Waals surface area contributed by atoms with Gasteiger partial charge in [0.25, 0.3) is 0 Å². The maximum absolute atomic E-state index is 7.68. The molecule has 3 N–H and O–H groups in total. The van der Waals surface area contributed by atoms with Gasteiger partial charge in [0.05, 0.1) is 6.10 Å². The molecule has 1 aromatic rings. The predicted molar refractivity (Wildman–Crippen MR) is 79.3 cm³/mol. The second-order valence-electron chi connectivity index (χ2n) is 4.75. The highest BCUT2D eigenvalue weighted by Gasteiger charge is 2.20. The summed E-state index contributed by atoms with van der Waals surface area (Å²) in [6.07, 6.45) is 2.47. The number of ether oxygens (including phenoxy) is 1. The van der Waals surface area contributed by atoms with Gasteiger partial charge >= 0.3 is 0 Å². The third-order valence-electron chi connectivity index (χ3n) is 3.42. The number of benzene rings is 1. The SMILES string of the molecule is CCN(CC1CCCO1)c1cc(Cl)ccc1C(=N)N. The van der Waals surface area contributed by atoms with Gasteiger partial charge in [0.15, 0.2) is 0 Å². The zero-order valence-corrected chi connectivity index (χ0v) is 11.9. The van der Waals surface area contributed by atoms with E-state index in [0.29, 0.717) is 5.02 Å². The molecule has 4 nitrogen and oxygen atoms in total. The van der Waals surface area contributed by atoms with Gasteiger partial charge in [-0.05, 0) is 38.0 Å². The topological polar surface area (TPSA) is 62.3 Å². The van der Waals surface area contributed by atoms with Crippen LogP contribution in [0, 0.1) is 5.41 Å². The quantitative estimate of drug-likeness (QED) is 0.644. The van der Waals surface area contributed by atoms with Crippen LogP contribution in [0.25, 0.3) is 0 Å². The Kier molecular flexibility index (Phi) is 4.66. The van der Waals surface area contributed by atoms with E-state index in [2.05, 4.69) is 11.8 Å². The average Bonchev–Trinajstić information content (AvgIpc) is 2.88. The summed E-state index contributed by atoms with van der Waals surface area (Å²) < 4.78 is 5.68. The van der Waals surface area contributed by atoms with Gasteiger partial charge in [-0.3, -0.25) is 5.41 Å². The molecule has 1 aliphatic rings. The first-order chi connectivity index (χ1) is 9.11. The molecule has 0 spiro atoms. The van der Waals surface area contributed by atoms with Crippen molar-refractivity contribution < 1.29 is 4.74 Å². The smallest absolute Gasteiger partial charge is 0.124 e. The first-order valence-corrected chi connectivity index (χ1v) is 7.00. The van der Waals surface area contributed by atoms with Gasteiger partial charge in [0, 0.05) is 36.0 Å². The molecule has 0 aliphatic carbocycles. The third kappa shape index (κ3) is 3.39. The van der Waals surface area contributed by atoms with E-state index in [1.807, 2.05) is 6.07 Å². The largest absolute Gasteiger partial charge is 0.384 e. The number of nitrogens with one attached hydrogen (secondary N) is 1. The van der Waals surface area contributed by atoms with Crippen molar-refractivity contribution in [3.8, 4) is 0 Å². The highest BCUT2D eigenvalue weighted by Crippen LogP contribution is 2.26. The van der Waals surface area contributed by atoms with E-state index >= 15 is 0 Å². The zero-order chi connectivity index (χ0) is 13.8. The van der Waals surface area contributed by atoms with Crippen molar-refractivity contribution in [1.82, 2.24) is 0 Å². The number of nitrogen functional groups attached to an aromatic ring is 1. The van der Waals surface area contributed by atoms with Crippen LogP contribution in [-0.2, 0) is 4.74 Å². The van der Waals surface area contributed by atoms with Crippen molar-refractivity contribution >= 4 is 23.1 Å². The highest BCUT2D eigenvalue weighted by atomic mass is 35.5. The van der Waals surface area contributed by atoms with Crippen LogP contribution >= 0.6 is 11.6 Å². The van der Waals surface area contributed by atoms with Crippen LogP contribution in [0.2, 0.25) is 5.02 Å². The summed E-state index contributed by atoms with van der Waals surface area (Å²) in [7, 11) is 0. The van der Waals surface area contributed by atoms with Crippen LogP contribution in [0.5, 0.6) is 0 Å². The lowest BCUT2D eigenvalue weighted by Crippen LogP contribution is -2.33. The number of hydrogen-bond acceptors (Lipinski definition) is 3. The van der Waals surface area contributed by atoms with Crippen LogP contribution in [0.4, 0.5) is 5.69 Å². The molecule has 2 rings (SSSR count). The van der Waals surface area contributed by atoms with Gasteiger partial charge in [0.2, 0.25) is 0 Å². The fourth-order valence-electron chi connectivity index (χ4n) is 2.43. The number of rotatable bonds is 5. The van der Waals surface area contributed by atoms with Gasteiger partial charge in [0.1, 0.15) is 5.84 Å². The molecule has 1 saturated heterocycles. The van der Waals surface area contributed by atoms with Gasteiger partial charge in [-0.2, -0.15) is 0 Å². The Balaban J connectivity index is 2.25. The molecule has 0 radical (unpaired) electrons. The molecule has 19 heavy (non-hydrogen) atoms. The second kappa shape index (κ2) is 6.26. The van der Waals surface area contributed by atoms with Crippen molar-refractivity contribution in [2.24, 2.45) is 5.73 Å². The molecule has 0 bridgehead atoms. The lowest BCUT2D eigenvalue weighted by atomic mass is 10.1. The third-order valence-corrected chi connectivity index (χ3v) is 3.66. The molecule has 0 amide bonds. The molecule has 1 atom stereocenters. The van der Waals surface area contributed by atoms with Crippen LogP contribution in [0.1, 0.15) is 25.3 Å². The fourth-order valence-corrected chi connectivity index (χ4v) is 2.59. The molecule has 1 aliphatic heterocycles. The summed E-state index contributed by atoms with van der Waals surface area (Å²) in [6, 6.07) is 5.44. The van der Waals surface area contributed by atoms with Crippen molar-refractivity contribution in [2.45, 2.75) is 25.9 Å². The summed E-state index contributed by atoms with van der Waals surface area (Å²) in [5, 5.41) is 8.33. The van der Waals surface area contributed by atoms with Crippen LogP contribution < -0.4 is 10.6 Å². The van der Waals surface area contributed by atoms with E-state index in [1.165, 1.54) is 0 Å². The first-order valence-electron chi connectivity index (χ1n) is 6.62. The monoisotopic (exact) mass is 281 g/mol. The summed E-state index contributed by atoms with van der Waals surface area (Å²) >= 11 is 6.07. The maximum atomic E-state index is 7.68. The average molecular weight is 282 g/mol. The van der Waals surface area contributed by atoms with Gasteiger partial charge < -0.3 is 15.4 Å². The van der Waals surface area contributed by atoms with E-state index in [9.17, 15) is 0 Å². The minimum atomic E-state index is 0.0671. The van der Waals surface area contributed by atoms with E-state index in [0.717, 1.165) is 43.8 Å². The van der Waals surface area contributed by atoms with Crippen molar-refractivity contribution in [3.63, 3.8) is 0 Å². The molecule has 5 heteroatoms. The molecule has 0 saturated carbocycles. The number of hydrogen-bond donors (Lipinski definition) is 2.